The highest BCUT2D eigenvalue weighted by Crippen LogP contribution is 2.39. The lowest BCUT2D eigenvalue weighted by Crippen LogP contribution is -2.52. The van der Waals surface area contributed by atoms with Crippen LogP contribution in [0.3, 0.4) is 0 Å². The Morgan fingerprint density at radius 2 is 2.40 bits per heavy atom. The number of Topliss-reactive ketones (excluding diaryl/α,β-unsaturated/α-hetero) is 1. The molecule has 1 fully saturated rings. The first-order valence-electron chi connectivity index (χ1n) is 5.26. The molecule has 0 bridgehead atoms. The second-order valence-corrected chi connectivity index (χ2v) is 4.49. The van der Waals surface area contributed by atoms with Crippen molar-refractivity contribution in [1.29, 1.82) is 0 Å². The average Bonchev–Trinajstić information content (AvgIpc) is 2.65. The van der Waals surface area contributed by atoms with Gasteiger partial charge in [0.25, 0.3) is 0 Å². The van der Waals surface area contributed by atoms with Gasteiger partial charge < -0.3 is 4.74 Å². The van der Waals surface area contributed by atoms with Crippen LogP contribution >= 0.6 is 0 Å². The lowest BCUT2D eigenvalue weighted by molar-refractivity contribution is -0.148. The number of nitrogens with zero attached hydrogens (tertiary/aromatic N) is 2. The summed E-state index contributed by atoms with van der Waals surface area (Å²) in [6.45, 7) is 6.70. The quantitative estimate of drug-likeness (QED) is 0.758. The van der Waals surface area contributed by atoms with Gasteiger partial charge in [-0.3, -0.25) is 9.48 Å². The Balaban J connectivity index is 2.01. The molecule has 0 N–H and O–H groups in total. The summed E-state index contributed by atoms with van der Waals surface area (Å²) in [6, 6.07) is 0. The predicted octanol–water partition coefficient (Wildman–Crippen LogP) is 1.65. The van der Waals surface area contributed by atoms with E-state index < -0.39 is 0 Å². The van der Waals surface area contributed by atoms with Crippen LogP contribution in [0.4, 0.5) is 0 Å². The van der Waals surface area contributed by atoms with Gasteiger partial charge in [-0.2, -0.15) is 5.10 Å². The van der Waals surface area contributed by atoms with Gasteiger partial charge in [-0.05, 0) is 20.8 Å². The van der Waals surface area contributed by atoms with Crippen LogP contribution in [0.5, 0.6) is 5.75 Å². The summed E-state index contributed by atoms with van der Waals surface area (Å²) in [6.07, 6.45) is 4.07. The van der Waals surface area contributed by atoms with Crippen molar-refractivity contribution in [2.75, 3.05) is 0 Å². The SMILES string of the molecule is CCn1cc(OC2CC(=O)C2(C)C)cn1. The topological polar surface area (TPSA) is 44.1 Å². The average molecular weight is 208 g/mol. The first-order valence-corrected chi connectivity index (χ1v) is 5.26. The Labute approximate surface area is 89.2 Å². The van der Waals surface area contributed by atoms with Crippen LogP contribution in [0.1, 0.15) is 27.2 Å². The number of aryl methyl sites for hydroxylation is 1. The molecule has 1 unspecified atom stereocenters. The molecule has 82 valence electrons. The highest BCUT2D eigenvalue weighted by atomic mass is 16.5. The molecule has 1 aliphatic carbocycles. The number of hydrogen-bond donors (Lipinski definition) is 0. The molecular formula is C11H16N2O2. The zero-order valence-corrected chi connectivity index (χ0v) is 9.36. The molecular weight excluding hydrogens is 192 g/mol. The summed E-state index contributed by atoms with van der Waals surface area (Å²) in [5.74, 6) is 1.03. The maximum atomic E-state index is 11.3. The molecule has 4 nitrogen and oxygen atoms in total. The van der Waals surface area contributed by atoms with Gasteiger partial charge in [0.2, 0.25) is 0 Å². The smallest absolute Gasteiger partial charge is 0.157 e. The van der Waals surface area contributed by atoms with Crippen molar-refractivity contribution in [3.05, 3.63) is 12.4 Å². The van der Waals surface area contributed by atoms with Gasteiger partial charge >= 0.3 is 0 Å². The lowest BCUT2D eigenvalue weighted by Gasteiger charge is -2.41. The summed E-state index contributed by atoms with van der Waals surface area (Å²) in [5, 5.41) is 4.12. The largest absolute Gasteiger partial charge is 0.486 e. The van der Waals surface area contributed by atoms with E-state index in [9.17, 15) is 4.79 Å². The zero-order chi connectivity index (χ0) is 11.1. The highest BCUT2D eigenvalue weighted by molar-refractivity contribution is 5.91. The van der Waals surface area contributed by atoms with E-state index in [0.29, 0.717) is 6.42 Å². The summed E-state index contributed by atoms with van der Waals surface area (Å²) >= 11 is 0. The van der Waals surface area contributed by atoms with Gasteiger partial charge in [0.1, 0.15) is 11.9 Å². The molecule has 0 radical (unpaired) electrons. The van der Waals surface area contributed by atoms with Gasteiger partial charge in [0, 0.05) is 13.0 Å². The van der Waals surface area contributed by atoms with E-state index in [-0.39, 0.29) is 17.3 Å². The molecule has 1 aliphatic rings. The van der Waals surface area contributed by atoms with E-state index in [0.717, 1.165) is 12.3 Å². The van der Waals surface area contributed by atoms with E-state index in [1.807, 2.05) is 31.6 Å². The normalized spacial score (nSPS) is 23.7. The Bertz CT molecular complexity index is 382. The van der Waals surface area contributed by atoms with E-state index in [2.05, 4.69) is 5.10 Å². The van der Waals surface area contributed by atoms with Crippen LogP contribution in [0.15, 0.2) is 12.4 Å². The third kappa shape index (κ3) is 1.64. The van der Waals surface area contributed by atoms with Gasteiger partial charge in [-0.1, -0.05) is 0 Å². The molecule has 4 heteroatoms. The number of ketones is 1. The van der Waals surface area contributed by atoms with Crippen molar-refractivity contribution in [1.82, 2.24) is 9.78 Å². The van der Waals surface area contributed by atoms with Crippen molar-refractivity contribution in [2.24, 2.45) is 5.41 Å². The Hall–Kier alpha value is -1.32. The Morgan fingerprint density at radius 3 is 2.87 bits per heavy atom. The molecule has 15 heavy (non-hydrogen) atoms. The van der Waals surface area contributed by atoms with Crippen LogP contribution in [0.25, 0.3) is 0 Å². The third-order valence-electron chi connectivity index (χ3n) is 3.11. The Morgan fingerprint density at radius 1 is 1.67 bits per heavy atom. The molecule has 0 saturated heterocycles. The second kappa shape index (κ2) is 3.36. The van der Waals surface area contributed by atoms with Gasteiger partial charge in [-0.15, -0.1) is 0 Å². The van der Waals surface area contributed by atoms with Crippen LogP contribution in [0, 0.1) is 5.41 Å². The molecule has 0 aliphatic heterocycles. The lowest BCUT2D eigenvalue weighted by atomic mass is 9.68. The number of rotatable bonds is 3. The second-order valence-electron chi connectivity index (χ2n) is 4.49. The molecule has 0 amide bonds. The summed E-state index contributed by atoms with van der Waals surface area (Å²) in [5.41, 5.74) is -0.339. The van der Waals surface area contributed by atoms with Crippen LogP contribution < -0.4 is 4.74 Å². The minimum absolute atomic E-state index is 0.000457. The summed E-state index contributed by atoms with van der Waals surface area (Å²) < 4.78 is 7.52. The van der Waals surface area contributed by atoms with Crippen molar-refractivity contribution in [2.45, 2.75) is 39.8 Å². The molecule has 1 aromatic heterocycles. The minimum atomic E-state index is -0.339. The first-order chi connectivity index (χ1) is 7.04. The van der Waals surface area contributed by atoms with Crippen LogP contribution in [0.2, 0.25) is 0 Å². The van der Waals surface area contributed by atoms with Crippen LogP contribution in [-0.4, -0.2) is 21.7 Å². The molecule has 2 rings (SSSR count). The monoisotopic (exact) mass is 208 g/mol. The maximum absolute atomic E-state index is 11.3. The third-order valence-corrected chi connectivity index (χ3v) is 3.11. The number of carbonyl (C=O) groups is 1. The standard InChI is InChI=1S/C11H16N2O2/c1-4-13-7-8(6-12-13)15-10-5-9(14)11(10,2)3/h6-7,10H,4-5H2,1-3H3. The van der Waals surface area contributed by atoms with Crippen LogP contribution in [-0.2, 0) is 11.3 Å². The van der Waals surface area contributed by atoms with Gasteiger partial charge in [-0.25, -0.2) is 0 Å². The first kappa shape index (κ1) is 10.2. The molecule has 0 aromatic carbocycles. The van der Waals surface area contributed by atoms with E-state index >= 15 is 0 Å². The van der Waals surface area contributed by atoms with Gasteiger partial charge in [0.05, 0.1) is 17.8 Å². The fourth-order valence-corrected chi connectivity index (χ4v) is 1.67. The highest BCUT2D eigenvalue weighted by Gasteiger charge is 2.49. The predicted molar refractivity (Wildman–Crippen MR) is 55.7 cm³/mol. The number of carbonyl (C=O) groups excluding carboxylic acids is 1. The summed E-state index contributed by atoms with van der Waals surface area (Å²) in [4.78, 5) is 11.3. The molecule has 1 heterocycles. The van der Waals surface area contributed by atoms with E-state index in [1.165, 1.54) is 0 Å². The number of hydrogen-bond acceptors (Lipinski definition) is 3. The Kier molecular flexibility index (Phi) is 2.29. The van der Waals surface area contributed by atoms with E-state index in [4.69, 9.17) is 4.74 Å². The fraction of sp³-hybridized carbons (Fsp3) is 0.636. The van der Waals surface area contributed by atoms with Crippen molar-refractivity contribution in [3.63, 3.8) is 0 Å². The maximum Gasteiger partial charge on any atom is 0.157 e. The zero-order valence-electron chi connectivity index (χ0n) is 9.36. The molecule has 1 aromatic rings. The van der Waals surface area contributed by atoms with Crippen molar-refractivity contribution in [3.8, 4) is 5.75 Å². The minimum Gasteiger partial charge on any atom is -0.486 e. The molecule has 1 atom stereocenters. The number of aromatic nitrogens is 2. The molecule has 1 saturated carbocycles. The number of ether oxygens (including phenoxy) is 1. The van der Waals surface area contributed by atoms with Crippen molar-refractivity contribution >= 4 is 5.78 Å². The molecule has 0 spiro atoms. The van der Waals surface area contributed by atoms with Gasteiger partial charge in [0.15, 0.2) is 5.75 Å². The van der Waals surface area contributed by atoms with Crippen molar-refractivity contribution < 1.29 is 9.53 Å². The fourth-order valence-electron chi connectivity index (χ4n) is 1.67. The van der Waals surface area contributed by atoms with E-state index in [1.54, 1.807) is 6.20 Å². The summed E-state index contributed by atoms with van der Waals surface area (Å²) in [7, 11) is 0.